The monoisotopic (exact) mass is 329 g/mol. The van der Waals surface area contributed by atoms with Crippen LogP contribution >= 0.6 is 11.8 Å². The maximum atomic E-state index is 12.5. The Morgan fingerprint density at radius 2 is 2.00 bits per heavy atom. The van der Waals surface area contributed by atoms with Crippen molar-refractivity contribution < 1.29 is 9.53 Å². The van der Waals surface area contributed by atoms with E-state index in [0.29, 0.717) is 6.42 Å². The number of hydrogen-bond acceptors (Lipinski definition) is 3. The van der Waals surface area contributed by atoms with Crippen molar-refractivity contribution in [2.45, 2.75) is 38.2 Å². The molecule has 0 saturated carbocycles. The van der Waals surface area contributed by atoms with Gasteiger partial charge in [-0.05, 0) is 56.4 Å². The van der Waals surface area contributed by atoms with Gasteiger partial charge in [0.15, 0.2) is 6.10 Å². The first-order chi connectivity index (χ1) is 11.0. The number of aryl methyl sites for hydroxylation is 2. The Labute approximate surface area is 142 Å². The minimum absolute atomic E-state index is 0.120. The number of anilines is 1. The number of nitrogens with one attached hydrogen (secondary N) is 1. The van der Waals surface area contributed by atoms with E-state index in [1.807, 2.05) is 63.4 Å². The van der Waals surface area contributed by atoms with Gasteiger partial charge in [0.25, 0.3) is 5.91 Å². The molecule has 1 N–H and O–H groups in total. The van der Waals surface area contributed by atoms with Crippen molar-refractivity contribution in [3.05, 3.63) is 53.6 Å². The van der Waals surface area contributed by atoms with Gasteiger partial charge in [-0.1, -0.05) is 30.7 Å². The van der Waals surface area contributed by atoms with Gasteiger partial charge in [-0.2, -0.15) is 0 Å². The van der Waals surface area contributed by atoms with Crippen LogP contribution in [0.1, 0.15) is 24.5 Å². The Morgan fingerprint density at radius 1 is 1.22 bits per heavy atom. The molecule has 0 fully saturated rings. The number of amides is 1. The molecule has 2 rings (SSSR count). The highest BCUT2D eigenvalue weighted by molar-refractivity contribution is 7.98. The van der Waals surface area contributed by atoms with Crippen LogP contribution in [0, 0.1) is 13.8 Å². The van der Waals surface area contributed by atoms with Crippen molar-refractivity contribution in [3.8, 4) is 5.75 Å². The van der Waals surface area contributed by atoms with Crippen LogP contribution in [0.3, 0.4) is 0 Å². The van der Waals surface area contributed by atoms with E-state index in [2.05, 4.69) is 11.4 Å². The van der Waals surface area contributed by atoms with Crippen molar-refractivity contribution in [1.82, 2.24) is 0 Å². The fourth-order valence-corrected chi connectivity index (χ4v) is 2.79. The largest absolute Gasteiger partial charge is 0.480 e. The van der Waals surface area contributed by atoms with E-state index in [1.54, 1.807) is 11.8 Å². The van der Waals surface area contributed by atoms with Crippen LogP contribution in [0.5, 0.6) is 5.75 Å². The van der Waals surface area contributed by atoms with Crippen LogP contribution in [0.25, 0.3) is 0 Å². The summed E-state index contributed by atoms with van der Waals surface area (Å²) in [5.74, 6) is 0.640. The van der Waals surface area contributed by atoms with E-state index < -0.39 is 6.10 Å². The van der Waals surface area contributed by atoms with Crippen LogP contribution in [0.4, 0.5) is 5.69 Å². The maximum absolute atomic E-state index is 12.5. The van der Waals surface area contributed by atoms with Crippen molar-refractivity contribution >= 4 is 23.4 Å². The predicted octanol–water partition coefficient (Wildman–Crippen LogP) is 4.82. The summed E-state index contributed by atoms with van der Waals surface area (Å²) in [6, 6.07) is 13.8. The molecule has 122 valence electrons. The summed E-state index contributed by atoms with van der Waals surface area (Å²) in [6.07, 6.45) is 2.12. The Kier molecular flexibility index (Phi) is 6.11. The van der Waals surface area contributed by atoms with E-state index in [-0.39, 0.29) is 5.91 Å². The lowest BCUT2D eigenvalue weighted by Gasteiger charge is -2.19. The van der Waals surface area contributed by atoms with Crippen molar-refractivity contribution in [2.24, 2.45) is 0 Å². The topological polar surface area (TPSA) is 38.3 Å². The minimum Gasteiger partial charge on any atom is -0.480 e. The maximum Gasteiger partial charge on any atom is 0.265 e. The molecule has 0 aliphatic heterocycles. The summed E-state index contributed by atoms with van der Waals surface area (Å²) in [5, 5.41) is 2.94. The summed E-state index contributed by atoms with van der Waals surface area (Å²) in [5.41, 5.74) is 3.02. The molecule has 0 aliphatic rings. The smallest absolute Gasteiger partial charge is 0.265 e. The van der Waals surface area contributed by atoms with Gasteiger partial charge >= 0.3 is 0 Å². The molecule has 3 nitrogen and oxygen atoms in total. The van der Waals surface area contributed by atoms with Crippen LogP contribution in [-0.4, -0.2) is 18.3 Å². The quantitative estimate of drug-likeness (QED) is 0.772. The SMILES string of the molecule is CCC(Oc1ccc(C)cc1C)C(=O)Nc1cccc(SC)c1. The fraction of sp³-hybridized carbons (Fsp3) is 0.316. The number of ether oxygens (including phenoxy) is 1. The Balaban J connectivity index is 2.08. The summed E-state index contributed by atoms with van der Waals surface area (Å²) in [4.78, 5) is 13.6. The number of thioether (sulfide) groups is 1. The highest BCUT2D eigenvalue weighted by Gasteiger charge is 2.19. The number of carbonyl (C=O) groups excluding carboxylic acids is 1. The molecule has 1 amide bonds. The van der Waals surface area contributed by atoms with E-state index in [0.717, 1.165) is 21.9 Å². The molecule has 0 aromatic heterocycles. The van der Waals surface area contributed by atoms with Gasteiger partial charge < -0.3 is 10.1 Å². The van der Waals surface area contributed by atoms with Gasteiger partial charge in [0, 0.05) is 10.6 Å². The highest BCUT2D eigenvalue weighted by atomic mass is 32.2. The third-order valence-electron chi connectivity index (χ3n) is 3.60. The van der Waals surface area contributed by atoms with Crippen LogP contribution in [-0.2, 0) is 4.79 Å². The molecule has 4 heteroatoms. The van der Waals surface area contributed by atoms with Crippen LogP contribution in [0.15, 0.2) is 47.4 Å². The molecule has 0 aliphatic carbocycles. The normalized spacial score (nSPS) is 11.8. The van der Waals surface area contributed by atoms with Gasteiger partial charge in [0.1, 0.15) is 5.75 Å². The van der Waals surface area contributed by atoms with Crippen molar-refractivity contribution in [1.29, 1.82) is 0 Å². The number of rotatable bonds is 6. The zero-order valence-corrected chi connectivity index (χ0v) is 14.9. The number of carbonyl (C=O) groups is 1. The third kappa shape index (κ3) is 4.76. The van der Waals surface area contributed by atoms with Gasteiger partial charge in [0.2, 0.25) is 0 Å². The average molecular weight is 329 g/mol. The molecule has 0 saturated heterocycles. The van der Waals surface area contributed by atoms with Crippen molar-refractivity contribution in [2.75, 3.05) is 11.6 Å². The number of hydrogen-bond donors (Lipinski definition) is 1. The molecule has 2 aromatic rings. The fourth-order valence-electron chi connectivity index (χ4n) is 2.33. The third-order valence-corrected chi connectivity index (χ3v) is 4.33. The summed E-state index contributed by atoms with van der Waals surface area (Å²) < 4.78 is 5.92. The first-order valence-corrected chi connectivity index (χ1v) is 8.94. The van der Waals surface area contributed by atoms with Crippen molar-refractivity contribution in [3.63, 3.8) is 0 Å². The van der Waals surface area contributed by atoms with E-state index in [4.69, 9.17) is 4.74 Å². The van der Waals surface area contributed by atoms with Gasteiger partial charge in [-0.15, -0.1) is 11.8 Å². The Morgan fingerprint density at radius 3 is 2.65 bits per heavy atom. The molecular formula is C19H23NO2S. The Hall–Kier alpha value is -1.94. The lowest BCUT2D eigenvalue weighted by Crippen LogP contribution is -2.32. The molecule has 0 heterocycles. The lowest BCUT2D eigenvalue weighted by molar-refractivity contribution is -0.122. The average Bonchev–Trinajstić information content (AvgIpc) is 2.54. The standard InChI is InChI=1S/C19H23NO2S/c1-5-17(22-18-10-9-13(2)11-14(18)3)19(21)20-15-7-6-8-16(12-15)23-4/h6-12,17H,5H2,1-4H3,(H,20,21). The molecule has 0 spiro atoms. The zero-order chi connectivity index (χ0) is 16.8. The lowest BCUT2D eigenvalue weighted by atomic mass is 10.1. The second-order valence-electron chi connectivity index (χ2n) is 5.50. The molecule has 0 radical (unpaired) electrons. The summed E-state index contributed by atoms with van der Waals surface area (Å²) >= 11 is 1.65. The zero-order valence-electron chi connectivity index (χ0n) is 14.1. The van der Waals surface area contributed by atoms with Gasteiger partial charge in [-0.3, -0.25) is 4.79 Å². The molecular weight excluding hydrogens is 306 g/mol. The van der Waals surface area contributed by atoms with Gasteiger partial charge in [0.05, 0.1) is 0 Å². The first-order valence-electron chi connectivity index (χ1n) is 7.72. The van der Waals surface area contributed by atoms with E-state index in [9.17, 15) is 4.79 Å². The highest BCUT2D eigenvalue weighted by Crippen LogP contribution is 2.22. The second-order valence-corrected chi connectivity index (χ2v) is 6.38. The summed E-state index contributed by atoms with van der Waals surface area (Å²) in [6.45, 7) is 5.99. The predicted molar refractivity (Wildman–Crippen MR) is 97.5 cm³/mol. The van der Waals surface area contributed by atoms with E-state index in [1.165, 1.54) is 5.56 Å². The number of benzene rings is 2. The van der Waals surface area contributed by atoms with Crippen LogP contribution in [0.2, 0.25) is 0 Å². The second kappa shape index (κ2) is 8.06. The Bertz CT molecular complexity index is 685. The minimum atomic E-state index is -0.505. The molecule has 0 bridgehead atoms. The van der Waals surface area contributed by atoms with Crippen LogP contribution < -0.4 is 10.1 Å². The summed E-state index contributed by atoms with van der Waals surface area (Å²) in [7, 11) is 0. The van der Waals surface area contributed by atoms with Gasteiger partial charge in [-0.25, -0.2) is 0 Å². The van der Waals surface area contributed by atoms with E-state index >= 15 is 0 Å². The molecule has 1 unspecified atom stereocenters. The molecule has 2 aromatic carbocycles. The molecule has 1 atom stereocenters. The molecule has 23 heavy (non-hydrogen) atoms. The first kappa shape index (κ1) is 17.4.